The molecule has 20 heavy (non-hydrogen) atoms. The summed E-state index contributed by atoms with van der Waals surface area (Å²) in [4.78, 5) is 0. The minimum Gasteiger partial charge on any atom is -0.377 e. The van der Waals surface area contributed by atoms with Crippen LogP contribution in [-0.4, -0.2) is 25.3 Å². The minimum absolute atomic E-state index is 0.0546. The third-order valence-electron chi connectivity index (χ3n) is 4.68. The van der Waals surface area contributed by atoms with Gasteiger partial charge in [0.25, 0.3) is 0 Å². The van der Waals surface area contributed by atoms with Gasteiger partial charge in [-0.05, 0) is 54.6 Å². The largest absolute Gasteiger partial charge is 0.377 e. The van der Waals surface area contributed by atoms with Crippen LogP contribution in [0.5, 0.6) is 0 Å². The third-order valence-corrected chi connectivity index (χ3v) is 5.69. The Kier molecular flexibility index (Phi) is 4.11. The van der Waals surface area contributed by atoms with E-state index in [2.05, 4.69) is 41.9 Å². The average molecular weight is 289 g/mol. The fourth-order valence-electron chi connectivity index (χ4n) is 3.32. The van der Waals surface area contributed by atoms with Crippen LogP contribution in [0.4, 0.5) is 0 Å². The van der Waals surface area contributed by atoms with Gasteiger partial charge in [0.1, 0.15) is 0 Å². The molecular formula is C17H23NOS. The fourth-order valence-corrected chi connectivity index (χ4v) is 4.30. The van der Waals surface area contributed by atoms with Crippen molar-refractivity contribution >= 4 is 21.4 Å². The number of thiophene rings is 1. The Labute approximate surface area is 125 Å². The Morgan fingerprint density at radius 2 is 2.15 bits per heavy atom. The summed E-state index contributed by atoms with van der Waals surface area (Å²) < 4.78 is 7.28. The van der Waals surface area contributed by atoms with E-state index < -0.39 is 0 Å². The van der Waals surface area contributed by atoms with Crippen molar-refractivity contribution < 1.29 is 4.74 Å². The van der Waals surface area contributed by atoms with E-state index in [-0.39, 0.29) is 5.60 Å². The van der Waals surface area contributed by atoms with Gasteiger partial charge in [-0.15, -0.1) is 11.3 Å². The van der Waals surface area contributed by atoms with Crippen LogP contribution in [-0.2, 0) is 11.2 Å². The quantitative estimate of drug-likeness (QED) is 0.868. The summed E-state index contributed by atoms with van der Waals surface area (Å²) in [6, 6.07) is 9.12. The van der Waals surface area contributed by atoms with Gasteiger partial charge in [-0.2, -0.15) is 0 Å². The van der Waals surface area contributed by atoms with Crippen molar-refractivity contribution in [1.82, 2.24) is 5.32 Å². The van der Waals surface area contributed by atoms with Gasteiger partial charge in [-0.3, -0.25) is 0 Å². The highest BCUT2D eigenvalue weighted by Crippen LogP contribution is 2.40. The van der Waals surface area contributed by atoms with Crippen molar-refractivity contribution in [2.24, 2.45) is 0 Å². The van der Waals surface area contributed by atoms with E-state index in [0.717, 1.165) is 13.0 Å². The van der Waals surface area contributed by atoms with E-state index in [1.54, 1.807) is 0 Å². The van der Waals surface area contributed by atoms with E-state index in [1.807, 2.05) is 18.4 Å². The molecule has 1 aromatic heterocycles. The normalized spacial score (nSPS) is 18.9. The Bertz CT molecular complexity index is 568. The van der Waals surface area contributed by atoms with Crippen molar-refractivity contribution in [2.45, 2.75) is 44.2 Å². The Balaban J connectivity index is 1.86. The van der Waals surface area contributed by atoms with Crippen molar-refractivity contribution in [3.63, 3.8) is 0 Å². The SMILES string of the molecule is CCNC(Cc1csc2ccccc12)C1(OC)CCC1. The maximum Gasteiger partial charge on any atom is 0.0834 e. The second kappa shape index (κ2) is 5.84. The summed E-state index contributed by atoms with van der Waals surface area (Å²) in [6.45, 7) is 3.18. The lowest BCUT2D eigenvalue weighted by Gasteiger charge is -2.47. The molecule has 1 fully saturated rings. The van der Waals surface area contributed by atoms with Gasteiger partial charge in [-0.1, -0.05) is 25.1 Å². The Hall–Kier alpha value is -0.900. The maximum absolute atomic E-state index is 5.89. The molecule has 1 aliphatic rings. The highest BCUT2D eigenvalue weighted by atomic mass is 32.1. The van der Waals surface area contributed by atoms with Crippen molar-refractivity contribution in [1.29, 1.82) is 0 Å². The fraction of sp³-hybridized carbons (Fsp3) is 0.529. The molecule has 2 aromatic rings. The van der Waals surface area contributed by atoms with E-state index in [0.29, 0.717) is 6.04 Å². The summed E-state index contributed by atoms with van der Waals surface area (Å²) in [5.41, 5.74) is 1.51. The molecule has 0 radical (unpaired) electrons. The average Bonchev–Trinajstić information content (AvgIpc) is 2.82. The first-order chi connectivity index (χ1) is 9.79. The molecule has 1 aromatic carbocycles. The van der Waals surface area contributed by atoms with Crippen LogP contribution in [0.1, 0.15) is 31.7 Å². The van der Waals surface area contributed by atoms with Gasteiger partial charge in [0.2, 0.25) is 0 Å². The summed E-state index contributed by atoms with van der Waals surface area (Å²) in [5, 5.41) is 7.38. The predicted molar refractivity (Wildman–Crippen MR) is 86.6 cm³/mol. The van der Waals surface area contributed by atoms with Gasteiger partial charge in [0, 0.05) is 17.9 Å². The molecular weight excluding hydrogens is 266 g/mol. The number of fused-ring (bicyclic) bond motifs is 1. The van der Waals surface area contributed by atoms with Gasteiger partial charge >= 0.3 is 0 Å². The summed E-state index contributed by atoms with van der Waals surface area (Å²) in [5.74, 6) is 0. The second-order valence-electron chi connectivity index (χ2n) is 5.69. The lowest BCUT2D eigenvalue weighted by atomic mass is 9.72. The highest BCUT2D eigenvalue weighted by molar-refractivity contribution is 7.17. The summed E-state index contributed by atoms with van der Waals surface area (Å²) in [6.07, 6.45) is 4.72. The first-order valence-electron chi connectivity index (χ1n) is 7.53. The number of ether oxygens (including phenoxy) is 1. The number of nitrogens with one attached hydrogen (secondary N) is 1. The molecule has 1 saturated carbocycles. The number of hydrogen-bond acceptors (Lipinski definition) is 3. The van der Waals surface area contributed by atoms with E-state index in [1.165, 1.54) is 34.9 Å². The van der Waals surface area contributed by atoms with Gasteiger partial charge in [0.15, 0.2) is 0 Å². The van der Waals surface area contributed by atoms with Crippen LogP contribution in [0.3, 0.4) is 0 Å². The molecule has 2 nitrogen and oxygen atoms in total. The molecule has 0 saturated heterocycles. The van der Waals surface area contributed by atoms with Crippen LogP contribution in [0.15, 0.2) is 29.6 Å². The molecule has 0 spiro atoms. The monoisotopic (exact) mass is 289 g/mol. The number of hydrogen-bond donors (Lipinski definition) is 1. The topological polar surface area (TPSA) is 21.3 Å². The number of rotatable bonds is 6. The van der Waals surface area contributed by atoms with E-state index in [4.69, 9.17) is 4.74 Å². The lowest BCUT2D eigenvalue weighted by molar-refractivity contribution is -0.0977. The smallest absolute Gasteiger partial charge is 0.0834 e. The number of likely N-dealkylation sites (N-methyl/N-ethyl adjacent to an activating group) is 1. The van der Waals surface area contributed by atoms with Crippen LogP contribution in [0.2, 0.25) is 0 Å². The molecule has 1 N–H and O–H groups in total. The molecule has 1 aliphatic carbocycles. The summed E-state index contributed by atoms with van der Waals surface area (Å²) >= 11 is 1.85. The maximum atomic E-state index is 5.89. The van der Waals surface area contributed by atoms with Crippen LogP contribution < -0.4 is 5.32 Å². The van der Waals surface area contributed by atoms with Crippen molar-refractivity contribution in [3.05, 3.63) is 35.2 Å². The molecule has 1 heterocycles. The van der Waals surface area contributed by atoms with Crippen LogP contribution in [0.25, 0.3) is 10.1 Å². The first kappa shape index (κ1) is 14.1. The van der Waals surface area contributed by atoms with Gasteiger partial charge < -0.3 is 10.1 Å². The molecule has 3 rings (SSSR count). The Morgan fingerprint density at radius 1 is 1.35 bits per heavy atom. The first-order valence-corrected chi connectivity index (χ1v) is 8.40. The minimum atomic E-state index is 0.0546. The van der Waals surface area contributed by atoms with Crippen molar-refractivity contribution in [2.75, 3.05) is 13.7 Å². The van der Waals surface area contributed by atoms with E-state index >= 15 is 0 Å². The van der Waals surface area contributed by atoms with Crippen LogP contribution >= 0.6 is 11.3 Å². The second-order valence-corrected chi connectivity index (χ2v) is 6.61. The summed E-state index contributed by atoms with van der Waals surface area (Å²) in [7, 11) is 1.87. The highest BCUT2D eigenvalue weighted by Gasteiger charge is 2.44. The molecule has 0 aliphatic heterocycles. The molecule has 0 bridgehead atoms. The van der Waals surface area contributed by atoms with Gasteiger partial charge in [-0.25, -0.2) is 0 Å². The molecule has 3 heteroatoms. The van der Waals surface area contributed by atoms with E-state index in [9.17, 15) is 0 Å². The zero-order chi connectivity index (χ0) is 14.0. The molecule has 0 amide bonds. The molecule has 108 valence electrons. The molecule has 1 atom stereocenters. The Morgan fingerprint density at radius 3 is 2.80 bits per heavy atom. The third kappa shape index (κ3) is 2.39. The standard InChI is InChI=1S/C17H23NOS/c1-3-18-16(17(19-2)9-6-10-17)11-13-12-20-15-8-5-4-7-14(13)15/h4-5,7-8,12,16,18H,3,6,9-11H2,1-2H3. The zero-order valence-electron chi connectivity index (χ0n) is 12.3. The zero-order valence-corrected chi connectivity index (χ0v) is 13.1. The molecule has 1 unspecified atom stereocenters. The van der Waals surface area contributed by atoms with Gasteiger partial charge in [0.05, 0.1) is 5.60 Å². The predicted octanol–water partition coefficient (Wildman–Crippen LogP) is 3.99. The lowest BCUT2D eigenvalue weighted by Crippen LogP contribution is -2.57. The van der Waals surface area contributed by atoms with Crippen molar-refractivity contribution in [3.8, 4) is 0 Å². The number of benzene rings is 1. The number of methoxy groups -OCH3 is 1. The van der Waals surface area contributed by atoms with Crippen LogP contribution in [0, 0.1) is 0 Å².